The maximum Gasteiger partial charge on any atom is 0.274 e. The van der Waals surface area contributed by atoms with Gasteiger partial charge < -0.3 is 4.90 Å². The van der Waals surface area contributed by atoms with Crippen LogP contribution in [0.1, 0.15) is 28.9 Å². The summed E-state index contributed by atoms with van der Waals surface area (Å²) in [5.74, 6) is -0.118. The standard InChI is InChI=1S/C28H25Cl2N3O3S/c1-18-15-20(19-7-5-8-21(16-19)37(2,35)36)11-12-22(18)26-17-25(28(34)32-13-3-4-14-32)31-33(26)27-23(29)9-6-10-24(27)30/h5-12,15-17H,3-4,13-14H2,1-2H3. The number of halogens is 2. The largest absolute Gasteiger partial charge is 0.337 e. The number of nitrogens with zero attached hydrogens (tertiary/aromatic N) is 3. The van der Waals surface area contributed by atoms with Gasteiger partial charge in [-0.15, -0.1) is 0 Å². The van der Waals surface area contributed by atoms with E-state index in [-0.39, 0.29) is 10.8 Å². The van der Waals surface area contributed by atoms with Crippen LogP contribution in [-0.4, -0.2) is 48.4 Å². The zero-order valence-electron chi connectivity index (χ0n) is 20.4. The second-order valence-electron chi connectivity index (χ2n) is 9.23. The van der Waals surface area contributed by atoms with E-state index >= 15 is 0 Å². The number of hydrogen-bond acceptors (Lipinski definition) is 4. The topological polar surface area (TPSA) is 72.3 Å². The Hall–Kier alpha value is -3.13. The number of aryl methyl sites for hydroxylation is 1. The first kappa shape index (κ1) is 25.5. The number of aromatic nitrogens is 2. The molecule has 0 aliphatic carbocycles. The van der Waals surface area contributed by atoms with Crippen LogP contribution >= 0.6 is 23.2 Å². The van der Waals surface area contributed by atoms with Crippen LogP contribution in [0.3, 0.4) is 0 Å². The smallest absolute Gasteiger partial charge is 0.274 e. The molecule has 0 N–H and O–H groups in total. The molecule has 2 heterocycles. The Kier molecular flexibility index (Phi) is 6.88. The van der Waals surface area contributed by atoms with Crippen molar-refractivity contribution in [3.63, 3.8) is 0 Å². The highest BCUT2D eigenvalue weighted by atomic mass is 35.5. The van der Waals surface area contributed by atoms with Gasteiger partial charge in [0.25, 0.3) is 5.91 Å². The summed E-state index contributed by atoms with van der Waals surface area (Å²) in [4.78, 5) is 15.3. The molecular formula is C28H25Cl2N3O3S. The Bertz CT molecular complexity index is 1600. The third kappa shape index (κ3) is 5.04. The van der Waals surface area contributed by atoms with Crippen molar-refractivity contribution < 1.29 is 13.2 Å². The Morgan fingerprint density at radius 2 is 1.54 bits per heavy atom. The molecule has 37 heavy (non-hydrogen) atoms. The van der Waals surface area contributed by atoms with E-state index in [0.717, 1.165) is 35.1 Å². The van der Waals surface area contributed by atoms with Crippen molar-refractivity contribution in [1.82, 2.24) is 14.7 Å². The van der Waals surface area contributed by atoms with Crippen molar-refractivity contribution in [2.45, 2.75) is 24.7 Å². The van der Waals surface area contributed by atoms with Crippen LogP contribution in [-0.2, 0) is 9.84 Å². The first-order valence-corrected chi connectivity index (χ1v) is 14.5. The number of benzene rings is 3. The van der Waals surface area contributed by atoms with Gasteiger partial charge in [0.15, 0.2) is 15.5 Å². The second-order valence-corrected chi connectivity index (χ2v) is 12.1. The molecule has 1 amide bonds. The minimum Gasteiger partial charge on any atom is -0.337 e. The first-order valence-electron chi connectivity index (χ1n) is 11.9. The minimum atomic E-state index is -3.32. The second kappa shape index (κ2) is 9.97. The Balaban J connectivity index is 1.63. The minimum absolute atomic E-state index is 0.118. The third-order valence-electron chi connectivity index (χ3n) is 6.57. The number of para-hydroxylation sites is 1. The molecule has 0 bridgehead atoms. The summed E-state index contributed by atoms with van der Waals surface area (Å²) in [5.41, 5.74) is 4.97. The Morgan fingerprint density at radius 3 is 2.19 bits per heavy atom. The van der Waals surface area contributed by atoms with Crippen molar-refractivity contribution in [2.75, 3.05) is 19.3 Å². The molecule has 1 aliphatic heterocycles. The average molecular weight is 554 g/mol. The van der Waals surface area contributed by atoms with Crippen molar-refractivity contribution >= 4 is 38.9 Å². The van der Waals surface area contributed by atoms with E-state index in [2.05, 4.69) is 5.10 Å². The molecule has 3 aromatic carbocycles. The van der Waals surface area contributed by atoms with Gasteiger partial charge in [0.05, 0.1) is 20.6 Å². The van der Waals surface area contributed by atoms with E-state index in [0.29, 0.717) is 40.2 Å². The summed E-state index contributed by atoms with van der Waals surface area (Å²) < 4.78 is 25.7. The number of amides is 1. The van der Waals surface area contributed by atoms with E-state index in [1.807, 2.05) is 36.1 Å². The Morgan fingerprint density at radius 1 is 0.892 bits per heavy atom. The molecule has 4 aromatic rings. The maximum absolute atomic E-state index is 13.2. The summed E-state index contributed by atoms with van der Waals surface area (Å²) >= 11 is 13.1. The lowest BCUT2D eigenvalue weighted by Crippen LogP contribution is -2.28. The molecule has 0 spiro atoms. The SMILES string of the molecule is Cc1cc(-c2cccc(S(C)(=O)=O)c2)ccc1-c1cc(C(=O)N2CCCC2)nn1-c1c(Cl)cccc1Cl. The number of likely N-dealkylation sites (tertiary alicyclic amines) is 1. The predicted octanol–water partition coefficient (Wildman–Crippen LogP) is 6.46. The lowest BCUT2D eigenvalue weighted by Gasteiger charge is -2.14. The summed E-state index contributed by atoms with van der Waals surface area (Å²) in [6.45, 7) is 3.40. The van der Waals surface area contributed by atoms with Gasteiger partial charge in [0, 0.05) is 24.9 Å². The van der Waals surface area contributed by atoms with Gasteiger partial charge in [-0.25, -0.2) is 13.1 Å². The van der Waals surface area contributed by atoms with Crippen LogP contribution in [0, 0.1) is 6.92 Å². The van der Waals surface area contributed by atoms with Crippen molar-refractivity contribution in [3.05, 3.63) is 88.0 Å². The van der Waals surface area contributed by atoms with Crippen LogP contribution in [0.5, 0.6) is 0 Å². The molecule has 0 unspecified atom stereocenters. The van der Waals surface area contributed by atoms with Gasteiger partial charge in [0.1, 0.15) is 5.69 Å². The fraction of sp³-hybridized carbons (Fsp3) is 0.214. The quantitative estimate of drug-likeness (QED) is 0.284. The van der Waals surface area contributed by atoms with Crippen LogP contribution in [0.4, 0.5) is 0 Å². The summed E-state index contributed by atoms with van der Waals surface area (Å²) in [6, 6.07) is 19.8. The average Bonchev–Trinajstić information content (AvgIpc) is 3.54. The normalized spacial score (nSPS) is 13.8. The fourth-order valence-electron chi connectivity index (χ4n) is 4.66. The maximum atomic E-state index is 13.2. The number of carbonyl (C=O) groups excluding carboxylic acids is 1. The predicted molar refractivity (Wildman–Crippen MR) is 147 cm³/mol. The Labute approximate surface area is 226 Å². The molecule has 1 aromatic heterocycles. The number of rotatable bonds is 5. The molecule has 6 nitrogen and oxygen atoms in total. The van der Waals surface area contributed by atoms with E-state index in [1.165, 1.54) is 6.26 Å². The molecule has 190 valence electrons. The zero-order valence-corrected chi connectivity index (χ0v) is 22.7. The van der Waals surface area contributed by atoms with Gasteiger partial charge in [0.2, 0.25) is 0 Å². The zero-order chi connectivity index (χ0) is 26.3. The number of carbonyl (C=O) groups is 1. The van der Waals surface area contributed by atoms with E-state index in [4.69, 9.17) is 23.2 Å². The monoisotopic (exact) mass is 553 g/mol. The lowest BCUT2D eigenvalue weighted by molar-refractivity contribution is 0.0786. The van der Waals surface area contributed by atoms with E-state index in [9.17, 15) is 13.2 Å². The lowest BCUT2D eigenvalue weighted by atomic mass is 9.98. The highest BCUT2D eigenvalue weighted by molar-refractivity contribution is 7.90. The van der Waals surface area contributed by atoms with E-state index < -0.39 is 9.84 Å². The van der Waals surface area contributed by atoms with Crippen LogP contribution < -0.4 is 0 Å². The van der Waals surface area contributed by atoms with Crippen molar-refractivity contribution in [3.8, 4) is 28.1 Å². The highest BCUT2D eigenvalue weighted by Gasteiger charge is 2.25. The highest BCUT2D eigenvalue weighted by Crippen LogP contribution is 2.36. The number of hydrogen-bond donors (Lipinski definition) is 0. The molecular weight excluding hydrogens is 529 g/mol. The molecule has 1 aliphatic rings. The van der Waals surface area contributed by atoms with Crippen LogP contribution in [0.25, 0.3) is 28.1 Å². The molecule has 5 rings (SSSR count). The van der Waals surface area contributed by atoms with Gasteiger partial charge in [-0.2, -0.15) is 5.10 Å². The summed E-state index contributed by atoms with van der Waals surface area (Å²) in [7, 11) is -3.32. The summed E-state index contributed by atoms with van der Waals surface area (Å²) in [5, 5.41) is 5.51. The first-order chi connectivity index (χ1) is 17.6. The van der Waals surface area contributed by atoms with Gasteiger partial charge in [-0.3, -0.25) is 4.79 Å². The van der Waals surface area contributed by atoms with E-state index in [1.54, 1.807) is 47.1 Å². The number of sulfone groups is 1. The van der Waals surface area contributed by atoms with Gasteiger partial charge in [-0.1, -0.05) is 59.6 Å². The van der Waals surface area contributed by atoms with Crippen molar-refractivity contribution in [1.29, 1.82) is 0 Å². The van der Waals surface area contributed by atoms with Crippen molar-refractivity contribution in [2.24, 2.45) is 0 Å². The molecule has 1 saturated heterocycles. The molecule has 0 radical (unpaired) electrons. The fourth-order valence-corrected chi connectivity index (χ4v) is 5.88. The van der Waals surface area contributed by atoms with Gasteiger partial charge >= 0.3 is 0 Å². The van der Waals surface area contributed by atoms with Gasteiger partial charge in [-0.05, 0) is 66.8 Å². The molecule has 0 atom stereocenters. The van der Waals surface area contributed by atoms with Crippen LogP contribution in [0.2, 0.25) is 10.0 Å². The summed E-state index contributed by atoms with van der Waals surface area (Å²) in [6.07, 6.45) is 3.16. The molecule has 9 heteroatoms. The molecule has 0 saturated carbocycles. The third-order valence-corrected chi connectivity index (χ3v) is 8.29. The van der Waals surface area contributed by atoms with Crippen LogP contribution in [0.15, 0.2) is 71.6 Å². The molecule has 1 fully saturated rings.